The molecule has 27 heavy (non-hydrogen) atoms. The fourth-order valence-electron chi connectivity index (χ4n) is 2.27. The van der Waals surface area contributed by atoms with Crippen LogP contribution >= 0.6 is 0 Å². The van der Waals surface area contributed by atoms with Crippen LogP contribution in [0.25, 0.3) is 5.69 Å². The minimum absolute atomic E-state index is 0.0113. The molecule has 0 saturated carbocycles. The summed E-state index contributed by atoms with van der Waals surface area (Å²) in [6.45, 7) is -1.47. The number of ketones is 1. The molecule has 1 amide bonds. The van der Waals surface area contributed by atoms with E-state index < -0.39 is 12.5 Å². The molecule has 1 N–H and O–H groups in total. The summed E-state index contributed by atoms with van der Waals surface area (Å²) in [5.41, 5.74) is 1.43. The van der Waals surface area contributed by atoms with Crippen molar-refractivity contribution in [1.82, 2.24) is 14.8 Å². The highest BCUT2D eigenvalue weighted by atomic mass is 19.3. The molecule has 0 bridgehead atoms. The molecule has 2 aromatic carbocycles. The van der Waals surface area contributed by atoms with Gasteiger partial charge in [-0.05, 0) is 43.3 Å². The van der Waals surface area contributed by atoms with Crippen molar-refractivity contribution in [2.75, 3.05) is 5.32 Å². The van der Waals surface area contributed by atoms with Crippen LogP contribution in [0.3, 0.4) is 0 Å². The molecule has 0 fully saturated rings. The molecule has 7 nitrogen and oxygen atoms in total. The van der Waals surface area contributed by atoms with Crippen LogP contribution in [0.1, 0.15) is 27.9 Å². The minimum atomic E-state index is -2.90. The maximum atomic E-state index is 12.3. The Bertz CT molecular complexity index is 971. The molecule has 1 aromatic heterocycles. The highest BCUT2D eigenvalue weighted by Crippen LogP contribution is 2.17. The van der Waals surface area contributed by atoms with E-state index in [4.69, 9.17) is 0 Å². The number of nitrogens with one attached hydrogen (secondary N) is 1. The van der Waals surface area contributed by atoms with E-state index in [0.717, 1.165) is 0 Å². The maximum absolute atomic E-state index is 12.3. The van der Waals surface area contributed by atoms with E-state index in [9.17, 15) is 18.4 Å². The molecule has 0 unspecified atom stereocenters. The number of hydrogen-bond acceptors (Lipinski definition) is 5. The molecule has 138 valence electrons. The normalized spacial score (nSPS) is 10.7. The van der Waals surface area contributed by atoms with Gasteiger partial charge in [0.15, 0.2) is 5.78 Å². The van der Waals surface area contributed by atoms with Crippen LogP contribution in [0.5, 0.6) is 5.75 Å². The van der Waals surface area contributed by atoms with Gasteiger partial charge in [-0.15, -0.1) is 5.10 Å². The molecule has 0 aliphatic carbocycles. The van der Waals surface area contributed by atoms with Gasteiger partial charge in [0.2, 0.25) is 5.82 Å². The summed E-state index contributed by atoms with van der Waals surface area (Å²) in [6.07, 6.45) is 1.32. The van der Waals surface area contributed by atoms with Crippen molar-refractivity contribution in [1.29, 1.82) is 0 Å². The summed E-state index contributed by atoms with van der Waals surface area (Å²) in [5.74, 6) is -0.742. The molecule has 0 spiro atoms. The third kappa shape index (κ3) is 4.51. The number of amides is 1. The first-order valence-electron chi connectivity index (χ1n) is 7.81. The summed E-state index contributed by atoms with van der Waals surface area (Å²) in [7, 11) is 0. The van der Waals surface area contributed by atoms with Crippen LogP contribution in [-0.4, -0.2) is 33.1 Å². The molecular weight excluding hydrogens is 358 g/mol. The van der Waals surface area contributed by atoms with Crippen LogP contribution in [0.4, 0.5) is 14.5 Å². The zero-order valence-electron chi connectivity index (χ0n) is 14.1. The van der Waals surface area contributed by atoms with Crippen molar-refractivity contribution >= 4 is 17.4 Å². The van der Waals surface area contributed by atoms with E-state index in [1.807, 2.05) is 0 Å². The van der Waals surface area contributed by atoms with E-state index in [1.54, 1.807) is 24.3 Å². The number of anilines is 1. The molecule has 1 heterocycles. The zero-order valence-corrected chi connectivity index (χ0v) is 14.1. The molecule has 0 aliphatic heterocycles. The first kappa shape index (κ1) is 18.2. The number of alkyl halides is 2. The van der Waals surface area contributed by atoms with Gasteiger partial charge in [0.05, 0.1) is 5.69 Å². The van der Waals surface area contributed by atoms with Gasteiger partial charge in [-0.1, -0.05) is 12.1 Å². The number of carbonyl (C=O) groups excluding carboxylic acids is 2. The topological polar surface area (TPSA) is 86.1 Å². The molecule has 0 aliphatic rings. The standard InChI is InChI=1S/C18H14F2N4O3/c1-11(25)12-3-2-4-13(9-12)22-17(26)16-21-10-24(23-16)14-5-7-15(8-6-14)27-18(19)20/h2-10,18H,1H3,(H,22,26). The quantitative estimate of drug-likeness (QED) is 0.671. The second-order valence-electron chi connectivity index (χ2n) is 5.48. The summed E-state index contributed by atoms with van der Waals surface area (Å²) >= 11 is 0. The lowest BCUT2D eigenvalue weighted by Crippen LogP contribution is -2.14. The summed E-state index contributed by atoms with van der Waals surface area (Å²) in [5, 5.41) is 6.68. The van der Waals surface area contributed by atoms with E-state index >= 15 is 0 Å². The van der Waals surface area contributed by atoms with Crippen molar-refractivity contribution in [3.8, 4) is 11.4 Å². The third-order valence-corrected chi connectivity index (χ3v) is 3.55. The molecule has 9 heteroatoms. The first-order valence-corrected chi connectivity index (χ1v) is 7.81. The second kappa shape index (κ2) is 7.73. The Kier molecular flexibility index (Phi) is 5.20. The number of benzene rings is 2. The molecule has 0 radical (unpaired) electrons. The maximum Gasteiger partial charge on any atom is 0.387 e. The summed E-state index contributed by atoms with van der Waals surface area (Å²) in [6, 6.07) is 12.2. The van der Waals surface area contributed by atoms with Crippen LogP contribution < -0.4 is 10.1 Å². The number of aromatic nitrogens is 3. The second-order valence-corrected chi connectivity index (χ2v) is 5.48. The number of rotatable bonds is 6. The van der Waals surface area contributed by atoms with Gasteiger partial charge in [0.1, 0.15) is 12.1 Å². The van der Waals surface area contributed by atoms with Crippen LogP contribution in [0, 0.1) is 0 Å². The van der Waals surface area contributed by atoms with Gasteiger partial charge in [0, 0.05) is 11.3 Å². The van der Waals surface area contributed by atoms with Gasteiger partial charge in [0.25, 0.3) is 5.91 Å². The van der Waals surface area contributed by atoms with E-state index in [-0.39, 0.29) is 17.4 Å². The van der Waals surface area contributed by atoms with Gasteiger partial charge >= 0.3 is 6.61 Å². The largest absolute Gasteiger partial charge is 0.435 e. The number of carbonyl (C=O) groups is 2. The van der Waals surface area contributed by atoms with Crippen molar-refractivity contribution < 1.29 is 23.1 Å². The Balaban J connectivity index is 1.72. The van der Waals surface area contributed by atoms with E-state index in [2.05, 4.69) is 20.1 Å². The van der Waals surface area contributed by atoms with Gasteiger partial charge in [-0.25, -0.2) is 9.67 Å². The van der Waals surface area contributed by atoms with E-state index in [1.165, 1.54) is 42.2 Å². The highest BCUT2D eigenvalue weighted by Gasteiger charge is 2.13. The number of halogens is 2. The van der Waals surface area contributed by atoms with Crippen LogP contribution in [-0.2, 0) is 0 Å². The van der Waals surface area contributed by atoms with Gasteiger partial charge in [-0.3, -0.25) is 9.59 Å². The average molecular weight is 372 g/mol. The number of Topliss-reactive ketones (excluding diaryl/α,β-unsaturated/α-hetero) is 1. The Morgan fingerprint density at radius 2 is 1.89 bits per heavy atom. The van der Waals surface area contributed by atoms with Crippen molar-refractivity contribution in [2.24, 2.45) is 0 Å². The Morgan fingerprint density at radius 1 is 1.15 bits per heavy atom. The lowest BCUT2D eigenvalue weighted by Gasteiger charge is -2.05. The predicted octanol–water partition coefficient (Wildman–Crippen LogP) is 3.32. The Labute approximate surface area is 152 Å². The first-order chi connectivity index (χ1) is 12.9. The number of ether oxygens (including phenoxy) is 1. The molecular formula is C18H14F2N4O3. The fraction of sp³-hybridized carbons (Fsp3) is 0.111. The molecule has 0 atom stereocenters. The van der Waals surface area contributed by atoms with Gasteiger partial charge < -0.3 is 10.1 Å². The minimum Gasteiger partial charge on any atom is -0.435 e. The third-order valence-electron chi connectivity index (χ3n) is 3.55. The van der Waals surface area contributed by atoms with Crippen LogP contribution in [0.15, 0.2) is 54.9 Å². The summed E-state index contributed by atoms with van der Waals surface area (Å²) < 4.78 is 29.9. The Morgan fingerprint density at radius 3 is 2.56 bits per heavy atom. The van der Waals surface area contributed by atoms with Gasteiger partial charge in [-0.2, -0.15) is 8.78 Å². The van der Waals surface area contributed by atoms with Crippen molar-refractivity contribution in [3.05, 3.63) is 66.2 Å². The highest BCUT2D eigenvalue weighted by molar-refractivity contribution is 6.02. The summed E-state index contributed by atoms with van der Waals surface area (Å²) in [4.78, 5) is 27.6. The lowest BCUT2D eigenvalue weighted by atomic mass is 10.1. The number of nitrogens with zero attached hydrogens (tertiary/aromatic N) is 3. The van der Waals surface area contributed by atoms with E-state index in [0.29, 0.717) is 16.9 Å². The lowest BCUT2D eigenvalue weighted by molar-refractivity contribution is -0.0498. The average Bonchev–Trinajstić information content (AvgIpc) is 3.12. The monoisotopic (exact) mass is 372 g/mol. The molecule has 3 aromatic rings. The predicted molar refractivity (Wildman–Crippen MR) is 92.4 cm³/mol. The SMILES string of the molecule is CC(=O)c1cccc(NC(=O)c2ncn(-c3ccc(OC(F)F)cc3)n2)c1. The fourth-order valence-corrected chi connectivity index (χ4v) is 2.27. The Hall–Kier alpha value is -3.62. The van der Waals surface area contributed by atoms with Crippen LogP contribution in [0.2, 0.25) is 0 Å². The zero-order chi connectivity index (χ0) is 19.4. The molecule has 3 rings (SSSR count). The molecule has 0 saturated heterocycles. The smallest absolute Gasteiger partial charge is 0.387 e. The van der Waals surface area contributed by atoms with Crippen molar-refractivity contribution in [3.63, 3.8) is 0 Å². The number of hydrogen-bond donors (Lipinski definition) is 1. The van der Waals surface area contributed by atoms with Crippen molar-refractivity contribution in [2.45, 2.75) is 13.5 Å².